The lowest BCUT2D eigenvalue weighted by Gasteiger charge is -2.34. The first-order valence-corrected chi connectivity index (χ1v) is 9.66. The molecule has 5 nitrogen and oxygen atoms in total. The van der Waals surface area contributed by atoms with Crippen LogP contribution >= 0.6 is 11.6 Å². The maximum absolute atomic E-state index is 13.1. The van der Waals surface area contributed by atoms with Crippen molar-refractivity contribution < 1.29 is 17.9 Å². The second-order valence-corrected chi connectivity index (χ2v) is 8.29. The normalized spacial score (nSPS) is 23.0. The number of benzene rings is 1. The molecule has 2 atom stereocenters. The molecule has 0 saturated carbocycles. The molecule has 1 fully saturated rings. The summed E-state index contributed by atoms with van der Waals surface area (Å²) < 4.78 is 38.8. The van der Waals surface area contributed by atoms with Crippen LogP contribution in [0.2, 0.25) is 5.02 Å². The fourth-order valence-corrected chi connectivity index (χ4v) is 4.59. The summed E-state index contributed by atoms with van der Waals surface area (Å²) in [7, 11) is -3.68. The SMILES string of the molecule is CCCOc1cc(C)c(Cl)cc1S(=O)(=O)N1CC(C)OC(C)C1. The van der Waals surface area contributed by atoms with Crippen molar-refractivity contribution >= 4 is 21.6 Å². The Kier molecular flexibility index (Phi) is 5.94. The van der Waals surface area contributed by atoms with Crippen molar-refractivity contribution in [2.24, 2.45) is 0 Å². The largest absolute Gasteiger partial charge is 0.492 e. The Morgan fingerprint density at radius 3 is 2.48 bits per heavy atom. The summed E-state index contributed by atoms with van der Waals surface area (Å²) in [5, 5.41) is 0.418. The second-order valence-electron chi connectivity index (χ2n) is 5.98. The fourth-order valence-electron chi connectivity index (χ4n) is 2.63. The smallest absolute Gasteiger partial charge is 0.246 e. The van der Waals surface area contributed by atoms with Gasteiger partial charge in [-0.15, -0.1) is 0 Å². The minimum Gasteiger partial charge on any atom is -0.492 e. The van der Waals surface area contributed by atoms with Gasteiger partial charge in [-0.1, -0.05) is 18.5 Å². The Morgan fingerprint density at radius 2 is 1.91 bits per heavy atom. The zero-order valence-corrected chi connectivity index (χ0v) is 15.6. The predicted octanol–water partition coefficient (Wildman–Crippen LogP) is 3.24. The first kappa shape index (κ1) is 18.5. The van der Waals surface area contributed by atoms with E-state index < -0.39 is 10.0 Å². The van der Waals surface area contributed by atoms with E-state index in [1.807, 2.05) is 27.7 Å². The highest BCUT2D eigenvalue weighted by Gasteiger charge is 2.34. The number of ether oxygens (including phenoxy) is 2. The molecule has 2 unspecified atom stereocenters. The number of hydrogen-bond acceptors (Lipinski definition) is 4. The van der Waals surface area contributed by atoms with Crippen LogP contribution in [-0.4, -0.2) is 44.6 Å². The van der Waals surface area contributed by atoms with Crippen molar-refractivity contribution in [1.82, 2.24) is 4.31 Å². The monoisotopic (exact) mass is 361 g/mol. The van der Waals surface area contributed by atoms with Gasteiger partial charge >= 0.3 is 0 Å². The Hall–Kier alpha value is -0.820. The minimum absolute atomic E-state index is 0.128. The van der Waals surface area contributed by atoms with Crippen LogP contribution in [0.3, 0.4) is 0 Å². The van der Waals surface area contributed by atoms with Crippen molar-refractivity contribution in [3.63, 3.8) is 0 Å². The molecule has 2 rings (SSSR count). The van der Waals surface area contributed by atoms with Crippen molar-refractivity contribution in [3.8, 4) is 5.75 Å². The lowest BCUT2D eigenvalue weighted by Crippen LogP contribution is -2.48. The number of nitrogens with zero attached hydrogens (tertiary/aromatic N) is 1. The van der Waals surface area contributed by atoms with Crippen LogP contribution in [0.5, 0.6) is 5.75 Å². The van der Waals surface area contributed by atoms with Gasteiger partial charge in [-0.05, 0) is 44.9 Å². The third-order valence-electron chi connectivity index (χ3n) is 3.69. The number of halogens is 1. The molecule has 1 saturated heterocycles. The van der Waals surface area contributed by atoms with E-state index in [4.69, 9.17) is 21.1 Å². The summed E-state index contributed by atoms with van der Waals surface area (Å²) >= 11 is 6.16. The van der Waals surface area contributed by atoms with Crippen molar-refractivity contribution in [2.75, 3.05) is 19.7 Å². The topological polar surface area (TPSA) is 55.8 Å². The van der Waals surface area contributed by atoms with Gasteiger partial charge in [0.2, 0.25) is 10.0 Å². The number of morpholine rings is 1. The molecule has 23 heavy (non-hydrogen) atoms. The molecule has 7 heteroatoms. The van der Waals surface area contributed by atoms with E-state index in [1.165, 1.54) is 10.4 Å². The van der Waals surface area contributed by atoms with Gasteiger partial charge in [0.05, 0.1) is 18.8 Å². The van der Waals surface area contributed by atoms with Gasteiger partial charge in [-0.25, -0.2) is 8.42 Å². The summed E-state index contributed by atoms with van der Waals surface area (Å²) in [6.45, 7) is 8.65. The van der Waals surface area contributed by atoms with Crippen molar-refractivity contribution in [3.05, 3.63) is 22.7 Å². The van der Waals surface area contributed by atoms with E-state index >= 15 is 0 Å². The van der Waals surface area contributed by atoms with Crippen LogP contribution in [0.1, 0.15) is 32.8 Å². The standard InChI is InChI=1S/C16H24ClNO4S/c1-5-6-21-15-7-11(2)14(17)8-16(15)23(19,20)18-9-12(3)22-13(4)10-18/h7-8,12-13H,5-6,9-10H2,1-4H3. The van der Waals surface area contributed by atoms with Crippen LogP contribution in [0.4, 0.5) is 0 Å². The highest BCUT2D eigenvalue weighted by Crippen LogP contribution is 2.33. The molecule has 0 bridgehead atoms. The first-order chi connectivity index (χ1) is 10.8. The fraction of sp³-hybridized carbons (Fsp3) is 0.625. The van der Waals surface area contributed by atoms with E-state index in [1.54, 1.807) is 6.07 Å². The minimum atomic E-state index is -3.68. The Morgan fingerprint density at radius 1 is 1.30 bits per heavy atom. The highest BCUT2D eigenvalue weighted by molar-refractivity contribution is 7.89. The number of aryl methyl sites for hydroxylation is 1. The molecule has 1 aliphatic rings. The summed E-state index contributed by atoms with van der Waals surface area (Å²) in [6, 6.07) is 3.18. The lowest BCUT2D eigenvalue weighted by molar-refractivity contribution is -0.0441. The van der Waals surface area contributed by atoms with Gasteiger partial charge in [-0.3, -0.25) is 0 Å². The van der Waals surface area contributed by atoms with Gasteiger partial charge < -0.3 is 9.47 Å². The zero-order chi connectivity index (χ0) is 17.2. The molecule has 0 aliphatic carbocycles. The maximum atomic E-state index is 13.1. The van der Waals surface area contributed by atoms with Gasteiger partial charge in [0.15, 0.2) is 0 Å². The number of sulfonamides is 1. The molecule has 0 radical (unpaired) electrons. The molecule has 0 spiro atoms. The molecular weight excluding hydrogens is 338 g/mol. The highest BCUT2D eigenvalue weighted by atomic mass is 35.5. The first-order valence-electron chi connectivity index (χ1n) is 7.84. The molecular formula is C16H24ClNO4S. The molecule has 0 amide bonds. The van der Waals surface area contributed by atoms with E-state index in [0.29, 0.717) is 30.5 Å². The molecule has 1 aliphatic heterocycles. The van der Waals surface area contributed by atoms with Gasteiger partial charge in [0, 0.05) is 18.1 Å². The second kappa shape index (κ2) is 7.38. The van der Waals surface area contributed by atoms with Crippen LogP contribution < -0.4 is 4.74 Å². The van der Waals surface area contributed by atoms with E-state index in [2.05, 4.69) is 0 Å². The Bertz CT molecular complexity index is 652. The third kappa shape index (κ3) is 4.18. The molecule has 0 aromatic heterocycles. The average molecular weight is 362 g/mol. The van der Waals surface area contributed by atoms with Crippen LogP contribution in [-0.2, 0) is 14.8 Å². The summed E-state index contributed by atoms with van der Waals surface area (Å²) in [6.07, 6.45) is 0.510. The molecule has 130 valence electrons. The summed E-state index contributed by atoms with van der Waals surface area (Å²) in [5.41, 5.74) is 0.792. The van der Waals surface area contributed by atoms with E-state index in [-0.39, 0.29) is 17.1 Å². The Labute approximate surface area is 143 Å². The maximum Gasteiger partial charge on any atom is 0.246 e. The zero-order valence-electron chi connectivity index (χ0n) is 14.0. The Balaban J connectivity index is 2.43. The van der Waals surface area contributed by atoms with Crippen LogP contribution in [0.15, 0.2) is 17.0 Å². The third-order valence-corrected chi connectivity index (χ3v) is 5.95. The summed E-state index contributed by atoms with van der Waals surface area (Å²) in [5.74, 6) is 0.362. The number of rotatable bonds is 5. The van der Waals surface area contributed by atoms with Gasteiger partial charge in [-0.2, -0.15) is 4.31 Å². The van der Waals surface area contributed by atoms with Gasteiger partial charge in [0.1, 0.15) is 10.6 Å². The van der Waals surface area contributed by atoms with Crippen LogP contribution in [0.25, 0.3) is 0 Å². The average Bonchev–Trinajstić information content (AvgIpc) is 2.47. The van der Waals surface area contributed by atoms with Crippen molar-refractivity contribution in [2.45, 2.75) is 51.2 Å². The molecule has 1 aromatic carbocycles. The molecule has 1 heterocycles. The van der Waals surface area contributed by atoms with Crippen molar-refractivity contribution in [1.29, 1.82) is 0 Å². The van der Waals surface area contributed by atoms with Gasteiger partial charge in [0.25, 0.3) is 0 Å². The molecule has 1 aromatic rings. The molecule has 0 N–H and O–H groups in total. The van der Waals surface area contributed by atoms with E-state index in [9.17, 15) is 8.42 Å². The quantitative estimate of drug-likeness (QED) is 0.807. The number of hydrogen-bond donors (Lipinski definition) is 0. The van der Waals surface area contributed by atoms with Crippen LogP contribution in [0, 0.1) is 6.92 Å². The predicted molar refractivity (Wildman–Crippen MR) is 90.7 cm³/mol. The van der Waals surface area contributed by atoms with E-state index in [0.717, 1.165) is 12.0 Å². The summed E-state index contributed by atoms with van der Waals surface area (Å²) in [4.78, 5) is 0.128. The lowest BCUT2D eigenvalue weighted by atomic mass is 10.2.